The average Bonchev–Trinajstić information content (AvgIpc) is 2.34. The van der Waals surface area contributed by atoms with Crippen LogP contribution in [0, 0.1) is 25.2 Å². The number of benzene rings is 2. The molecule has 0 bridgehead atoms. The van der Waals surface area contributed by atoms with Gasteiger partial charge >= 0.3 is 0 Å². The summed E-state index contributed by atoms with van der Waals surface area (Å²) in [7, 11) is 0. The quantitative estimate of drug-likeness (QED) is 0.803. The van der Waals surface area contributed by atoms with Crippen LogP contribution in [0.3, 0.4) is 0 Å². The van der Waals surface area contributed by atoms with Crippen molar-refractivity contribution in [2.24, 2.45) is 0 Å². The molecule has 0 unspecified atom stereocenters. The third-order valence-corrected chi connectivity index (χ3v) is 3.50. The molecule has 2 aromatic rings. The Labute approximate surface area is 115 Å². The first-order valence-electron chi connectivity index (χ1n) is 5.55. The van der Waals surface area contributed by atoms with Gasteiger partial charge in [0.25, 0.3) is 0 Å². The first-order chi connectivity index (χ1) is 8.60. The van der Waals surface area contributed by atoms with E-state index in [-0.39, 0.29) is 0 Å². The van der Waals surface area contributed by atoms with Crippen LogP contribution < -0.4 is 4.74 Å². The van der Waals surface area contributed by atoms with Crippen LogP contribution in [-0.2, 0) is 0 Å². The van der Waals surface area contributed by atoms with Gasteiger partial charge < -0.3 is 4.74 Å². The van der Waals surface area contributed by atoms with Crippen molar-refractivity contribution >= 4 is 15.9 Å². The first kappa shape index (κ1) is 12.7. The summed E-state index contributed by atoms with van der Waals surface area (Å²) in [6.45, 7) is 3.97. The van der Waals surface area contributed by atoms with Crippen molar-refractivity contribution in [2.45, 2.75) is 13.8 Å². The minimum atomic E-state index is 0.543. The van der Waals surface area contributed by atoms with Crippen LogP contribution >= 0.6 is 15.9 Å². The molecular formula is C15H12BrNO. The van der Waals surface area contributed by atoms with Gasteiger partial charge in [0.05, 0.1) is 5.56 Å². The third-order valence-electron chi connectivity index (χ3n) is 2.61. The highest BCUT2D eigenvalue weighted by Gasteiger charge is 2.06. The van der Waals surface area contributed by atoms with Gasteiger partial charge in [0.2, 0.25) is 0 Å². The molecule has 0 N–H and O–H groups in total. The van der Waals surface area contributed by atoms with E-state index < -0.39 is 0 Å². The molecule has 0 saturated carbocycles. The second kappa shape index (κ2) is 5.24. The van der Waals surface area contributed by atoms with Crippen LogP contribution in [0.5, 0.6) is 11.5 Å². The van der Waals surface area contributed by atoms with Crippen molar-refractivity contribution < 1.29 is 4.74 Å². The normalized spacial score (nSPS) is 9.89. The minimum absolute atomic E-state index is 0.543. The van der Waals surface area contributed by atoms with E-state index in [1.54, 1.807) is 6.07 Å². The number of rotatable bonds is 2. The van der Waals surface area contributed by atoms with E-state index in [4.69, 9.17) is 10.00 Å². The van der Waals surface area contributed by atoms with E-state index in [2.05, 4.69) is 22.0 Å². The lowest BCUT2D eigenvalue weighted by Gasteiger charge is -2.09. The Morgan fingerprint density at radius 3 is 2.56 bits per heavy atom. The fourth-order valence-corrected chi connectivity index (χ4v) is 1.86. The van der Waals surface area contributed by atoms with Crippen molar-refractivity contribution in [3.05, 3.63) is 57.6 Å². The summed E-state index contributed by atoms with van der Waals surface area (Å²) in [5.41, 5.74) is 2.71. The molecule has 0 atom stereocenters. The number of hydrogen-bond donors (Lipinski definition) is 0. The standard InChI is InChI=1S/C15H12BrNO/c1-10-3-4-12(9-17)15(7-10)18-13-5-6-14(16)11(2)8-13/h3-8H,1-2H3. The molecule has 0 spiro atoms. The number of halogens is 1. The highest BCUT2D eigenvalue weighted by Crippen LogP contribution is 2.28. The lowest BCUT2D eigenvalue weighted by atomic mass is 10.1. The van der Waals surface area contributed by atoms with Gasteiger partial charge in [-0.25, -0.2) is 0 Å². The topological polar surface area (TPSA) is 33.0 Å². The molecule has 2 rings (SSSR count). The van der Waals surface area contributed by atoms with Gasteiger partial charge in [-0.1, -0.05) is 22.0 Å². The second-order valence-corrected chi connectivity index (χ2v) is 4.98. The molecule has 3 heteroatoms. The van der Waals surface area contributed by atoms with Crippen LogP contribution in [0.15, 0.2) is 40.9 Å². The van der Waals surface area contributed by atoms with E-state index in [0.717, 1.165) is 21.3 Å². The van der Waals surface area contributed by atoms with Crippen LogP contribution in [0.1, 0.15) is 16.7 Å². The molecule has 18 heavy (non-hydrogen) atoms. The molecule has 2 aromatic carbocycles. The van der Waals surface area contributed by atoms with E-state index in [1.165, 1.54) is 0 Å². The number of aryl methyl sites for hydroxylation is 2. The molecule has 2 nitrogen and oxygen atoms in total. The van der Waals surface area contributed by atoms with Crippen LogP contribution in [0.4, 0.5) is 0 Å². The zero-order valence-corrected chi connectivity index (χ0v) is 11.8. The molecule has 0 aliphatic rings. The molecule has 0 saturated heterocycles. The second-order valence-electron chi connectivity index (χ2n) is 4.12. The molecule has 0 aromatic heterocycles. The van der Waals surface area contributed by atoms with Gasteiger partial charge in [0.1, 0.15) is 17.6 Å². The fourth-order valence-electron chi connectivity index (χ4n) is 1.61. The summed E-state index contributed by atoms with van der Waals surface area (Å²) >= 11 is 3.45. The minimum Gasteiger partial charge on any atom is -0.456 e. The van der Waals surface area contributed by atoms with Crippen molar-refractivity contribution in [1.29, 1.82) is 5.26 Å². The van der Waals surface area contributed by atoms with Crippen LogP contribution in [-0.4, -0.2) is 0 Å². The molecule has 0 aliphatic carbocycles. The Hall–Kier alpha value is -1.79. The third kappa shape index (κ3) is 2.72. The molecule has 0 amide bonds. The Morgan fingerprint density at radius 1 is 1.11 bits per heavy atom. The maximum atomic E-state index is 9.05. The average molecular weight is 302 g/mol. The largest absolute Gasteiger partial charge is 0.456 e. The zero-order chi connectivity index (χ0) is 13.1. The van der Waals surface area contributed by atoms with Gasteiger partial charge in [0.15, 0.2) is 0 Å². The van der Waals surface area contributed by atoms with E-state index in [0.29, 0.717) is 11.3 Å². The van der Waals surface area contributed by atoms with Crippen LogP contribution in [0.25, 0.3) is 0 Å². The fraction of sp³-hybridized carbons (Fsp3) is 0.133. The molecule has 0 aliphatic heterocycles. The summed E-state index contributed by atoms with van der Waals surface area (Å²) < 4.78 is 6.81. The van der Waals surface area contributed by atoms with Gasteiger partial charge in [-0.15, -0.1) is 0 Å². The summed E-state index contributed by atoms with van der Waals surface area (Å²) in [6, 6.07) is 13.4. The Morgan fingerprint density at radius 2 is 1.89 bits per heavy atom. The van der Waals surface area contributed by atoms with E-state index in [9.17, 15) is 0 Å². The maximum absolute atomic E-state index is 9.05. The summed E-state index contributed by atoms with van der Waals surface area (Å²) in [4.78, 5) is 0. The molecule has 0 radical (unpaired) electrons. The summed E-state index contributed by atoms with van der Waals surface area (Å²) in [6.07, 6.45) is 0. The van der Waals surface area contributed by atoms with Gasteiger partial charge in [-0.05, 0) is 55.3 Å². The van der Waals surface area contributed by atoms with Gasteiger partial charge in [-0.2, -0.15) is 5.26 Å². The van der Waals surface area contributed by atoms with E-state index in [1.807, 2.05) is 44.2 Å². The van der Waals surface area contributed by atoms with Gasteiger partial charge in [-0.3, -0.25) is 0 Å². The van der Waals surface area contributed by atoms with Crippen molar-refractivity contribution in [2.75, 3.05) is 0 Å². The van der Waals surface area contributed by atoms with Crippen LogP contribution in [0.2, 0.25) is 0 Å². The number of ether oxygens (including phenoxy) is 1. The molecule has 90 valence electrons. The predicted octanol–water partition coefficient (Wildman–Crippen LogP) is 4.73. The molecule has 0 heterocycles. The van der Waals surface area contributed by atoms with Crippen molar-refractivity contribution in [1.82, 2.24) is 0 Å². The highest BCUT2D eigenvalue weighted by molar-refractivity contribution is 9.10. The zero-order valence-electron chi connectivity index (χ0n) is 10.2. The smallest absolute Gasteiger partial charge is 0.145 e. The Balaban J connectivity index is 2.36. The lowest BCUT2D eigenvalue weighted by Crippen LogP contribution is -1.90. The number of nitrogens with zero attached hydrogens (tertiary/aromatic N) is 1. The Bertz CT molecular complexity index is 629. The first-order valence-corrected chi connectivity index (χ1v) is 6.34. The van der Waals surface area contributed by atoms with E-state index >= 15 is 0 Å². The number of hydrogen-bond acceptors (Lipinski definition) is 2. The summed E-state index contributed by atoms with van der Waals surface area (Å²) in [5.74, 6) is 1.33. The number of nitriles is 1. The van der Waals surface area contributed by atoms with Crippen molar-refractivity contribution in [3.63, 3.8) is 0 Å². The monoisotopic (exact) mass is 301 g/mol. The molecular weight excluding hydrogens is 290 g/mol. The maximum Gasteiger partial charge on any atom is 0.145 e. The molecule has 0 fully saturated rings. The Kier molecular flexibility index (Phi) is 3.69. The van der Waals surface area contributed by atoms with Crippen molar-refractivity contribution in [3.8, 4) is 17.6 Å². The predicted molar refractivity (Wildman–Crippen MR) is 74.8 cm³/mol. The SMILES string of the molecule is Cc1ccc(C#N)c(Oc2ccc(Br)c(C)c2)c1. The highest BCUT2D eigenvalue weighted by atomic mass is 79.9. The summed E-state index contributed by atoms with van der Waals surface area (Å²) in [5, 5.41) is 9.05. The van der Waals surface area contributed by atoms with Gasteiger partial charge in [0, 0.05) is 4.47 Å². The lowest BCUT2D eigenvalue weighted by molar-refractivity contribution is 0.480.